The highest BCUT2D eigenvalue weighted by Gasteiger charge is 2.26. The van der Waals surface area contributed by atoms with E-state index >= 15 is 0 Å². The summed E-state index contributed by atoms with van der Waals surface area (Å²) < 4.78 is 9.33. The second-order valence-corrected chi connectivity index (χ2v) is 3.78. The van der Waals surface area contributed by atoms with Gasteiger partial charge in [0.2, 0.25) is 0 Å². The first-order valence-corrected chi connectivity index (χ1v) is 5.44. The van der Waals surface area contributed by atoms with Crippen molar-refractivity contribution in [1.82, 2.24) is 4.98 Å². The average molecular weight is 239 g/mol. The fourth-order valence-electron chi connectivity index (χ4n) is 1.63. The van der Waals surface area contributed by atoms with Crippen molar-refractivity contribution in [2.75, 3.05) is 14.2 Å². The molecule has 1 aromatic heterocycles. The summed E-state index contributed by atoms with van der Waals surface area (Å²) in [6.07, 6.45) is 2.34. The molecule has 0 saturated carbocycles. The molecule has 1 atom stereocenters. The number of nitrogens with one attached hydrogen (secondary N) is 1. The van der Waals surface area contributed by atoms with Gasteiger partial charge in [-0.15, -0.1) is 0 Å². The van der Waals surface area contributed by atoms with Crippen molar-refractivity contribution in [1.29, 1.82) is 0 Å². The van der Waals surface area contributed by atoms with Gasteiger partial charge in [0.1, 0.15) is 0 Å². The lowest BCUT2D eigenvalue weighted by molar-refractivity contribution is 0.0555. The molecule has 0 aromatic carbocycles. The van der Waals surface area contributed by atoms with Crippen LogP contribution in [0.15, 0.2) is 6.20 Å². The molecule has 1 rings (SSSR count). The van der Waals surface area contributed by atoms with E-state index in [2.05, 4.69) is 9.72 Å². The van der Waals surface area contributed by atoms with Crippen LogP contribution in [0.1, 0.15) is 52.6 Å². The number of ether oxygens (including phenoxy) is 2. The summed E-state index contributed by atoms with van der Waals surface area (Å²) in [5, 5.41) is 0. The summed E-state index contributed by atoms with van der Waals surface area (Å²) in [7, 11) is 2.57. The van der Waals surface area contributed by atoms with E-state index in [4.69, 9.17) is 4.74 Å². The number of aromatic nitrogens is 1. The first-order valence-electron chi connectivity index (χ1n) is 5.44. The molecule has 94 valence electrons. The minimum atomic E-state index is -0.545. The summed E-state index contributed by atoms with van der Waals surface area (Å²) in [6.45, 7) is 3.98. The number of H-pyrrole nitrogens is 1. The van der Waals surface area contributed by atoms with Gasteiger partial charge in [0.25, 0.3) is 0 Å². The molecule has 0 fully saturated rings. The molecule has 1 heterocycles. The molecule has 1 N–H and O–H groups in total. The molecule has 1 unspecified atom stereocenters. The van der Waals surface area contributed by atoms with Gasteiger partial charge in [-0.3, -0.25) is 0 Å². The molecule has 17 heavy (non-hydrogen) atoms. The lowest BCUT2D eigenvalue weighted by Gasteiger charge is -2.09. The zero-order chi connectivity index (χ0) is 13.0. The monoisotopic (exact) mass is 239 g/mol. The van der Waals surface area contributed by atoms with Crippen molar-refractivity contribution >= 4 is 11.9 Å². The Morgan fingerprint density at radius 2 is 1.88 bits per heavy atom. The number of rotatable bonds is 4. The van der Waals surface area contributed by atoms with E-state index in [9.17, 15) is 9.59 Å². The quantitative estimate of drug-likeness (QED) is 0.817. The van der Waals surface area contributed by atoms with Crippen LogP contribution in [0.25, 0.3) is 0 Å². The predicted octanol–water partition coefficient (Wildman–Crippen LogP) is 2.10. The largest absolute Gasteiger partial charge is 0.465 e. The number of carbonyl (C=O) groups excluding carboxylic acids is 2. The normalized spacial score (nSPS) is 12.0. The smallest absolute Gasteiger partial charge is 0.340 e. The van der Waals surface area contributed by atoms with Gasteiger partial charge < -0.3 is 14.5 Å². The van der Waals surface area contributed by atoms with Crippen molar-refractivity contribution in [2.45, 2.75) is 26.2 Å². The van der Waals surface area contributed by atoms with Crippen LogP contribution in [0.4, 0.5) is 0 Å². The summed E-state index contributed by atoms with van der Waals surface area (Å²) in [6, 6.07) is 0. The first-order chi connectivity index (χ1) is 8.06. The maximum absolute atomic E-state index is 11.7. The summed E-state index contributed by atoms with van der Waals surface area (Å²) >= 11 is 0. The maximum Gasteiger partial charge on any atom is 0.340 e. The summed E-state index contributed by atoms with van der Waals surface area (Å²) in [4.78, 5) is 26.2. The Morgan fingerprint density at radius 1 is 1.29 bits per heavy atom. The third kappa shape index (κ3) is 2.49. The van der Waals surface area contributed by atoms with Gasteiger partial charge in [0, 0.05) is 11.9 Å². The molecule has 0 spiro atoms. The molecule has 5 heteroatoms. The molecule has 0 bridgehead atoms. The van der Waals surface area contributed by atoms with Crippen molar-refractivity contribution in [3.8, 4) is 0 Å². The van der Waals surface area contributed by atoms with Gasteiger partial charge >= 0.3 is 11.9 Å². The van der Waals surface area contributed by atoms with Gasteiger partial charge in [-0.2, -0.15) is 0 Å². The van der Waals surface area contributed by atoms with Crippen LogP contribution in [0.2, 0.25) is 0 Å². The van der Waals surface area contributed by atoms with E-state index in [-0.39, 0.29) is 17.0 Å². The fourth-order valence-corrected chi connectivity index (χ4v) is 1.63. The fraction of sp³-hybridized carbons (Fsp3) is 0.500. The molecule has 0 saturated heterocycles. The summed E-state index contributed by atoms with van der Waals surface area (Å²) in [5.74, 6) is -0.930. The van der Waals surface area contributed by atoms with Gasteiger partial charge in [-0.05, 0) is 12.3 Å². The standard InChI is InChI=1S/C12H17NO4/c1-5-7(2)10-9(12(15)17-4)8(6-13-10)11(14)16-3/h6-7,13H,5H2,1-4H3. The van der Waals surface area contributed by atoms with Crippen molar-refractivity contribution in [3.05, 3.63) is 23.0 Å². The highest BCUT2D eigenvalue weighted by molar-refractivity contribution is 6.04. The second kappa shape index (κ2) is 5.52. The van der Waals surface area contributed by atoms with E-state index in [0.717, 1.165) is 6.42 Å². The Morgan fingerprint density at radius 3 is 2.35 bits per heavy atom. The number of hydrogen-bond acceptors (Lipinski definition) is 4. The lowest BCUT2D eigenvalue weighted by Crippen LogP contribution is -2.12. The molecule has 1 aromatic rings. The van der Waals surface area contributed by atoms with E-state index in [1.807, 2.05) is 13.8 Å². The van der Waals surface area contributed by atoms with E-state index < -0.39 is 11.9 Å². The van der Waals surface area contributed by atoms with E-state index in [0.29, 0.717) is 5.69 Å². The summed E-state index contributed by atoms with van der Waals surface area (Å²) in [5.41, 5.74) is 1.20. The molecule has 0 amide bonds. The SMILES string of the molecule is CCC(C)c1[nH]cc(C(=O)OC)c1C(=O)OC. The highest BCUT2D eigenvalue weighted by atomic mass is 16.5. The molecule has 0 aliphatic heterocycles. The third-order valence-corrected chi connectivity index (χ3v) is 2.81. The maximum atomic E-state index is 11.7. The van der Waals surface area contributed by atoms with Crippen LogP contribution in [-0.2, 0) is 9.47 Å². The topological polar surface area (TPSA) is 68.4 Å². The Labute approximate surface area is 100 Å². The minimum Gasteiger partial charge on any atom is -0.465 e. The zero-order valence-corrected chi connectivity index (χ0v) is 10.5. The molecule has 0 aliphatic rings. The first kappa shape index (κ1) is 13.3. The molecule has 0 aliphatic carbocycles. The van der Waals surface area contributed by atoms with Crippen molar-refractivity contribution in [2.24, 2.45) is 0 Å². The number of aromatic amines is 1. The second-order valence-electron chi connectivity index (χ2n) is 3.78. The zero-order valence-electron chi connectivity index (χ0n) is 10.5. The minimum absolute atomic E-state index is 0.141. The third-order valence-electron chi connectivity index (χ3n) is 2.81. The number of methoxy groups -OCH3 is 2. The lowest BCUT2D eigenvalue weighted by atomic mass is 9.99. The van der Waals surface area contributed by atoms with Crippen molar-refractivity contribution < 1.29 is 19.1 Å². The predicted molar refractivity (Wildman–Crippen MR) is 62.2 cm³/mol. The number of carbonyl (C=O) groups is 2. The Bertz CT molecular complexity index is 422. The van der Waals surface area contributed by atoms with Crippen LogP contribution in [0, 0.1) is 0 Å². The van der Waals surface area contributed by atoms with Crippen LogP contribution < -0.4 is 0 Å². The molecular formula is C12H17NO4. The average Bonchev–Trinajstić information content (AvgIpc) is 2.80. The van der Waals surface area contributed by atoms with Gasteiger partial charge in [-0.1, -0.05) is 13.8 Å². The van der Waals surface area contributed by atoms with E-state index in [1.54, 1.807) is 0 Å². The number of esters is 2. The van der Waals surface area contributed by atoms with E-state index in [1.165, 1.54) is 20.4 Å². The molecule has 0 radical (unpaired) electrons. The Balaban J connectivity index is 3.29. The Kier molecular flexibility index (Phi) is 4.31. The van der Waals surface area contributed by atoms with Gasteiger partial charge in [-0.25, -0.2) is 9.59 Å². The highest BCUT2D eigenvalue weighted by Crippen LogP contribution is 2.25. The van der Waals surface area contributed by atoms with Crippen LogP contribution in [-0.4, -0.2) is 31.1 Å². The van der Waals surface area contributed by atoms with Crippen LogP contribution in [0.3, 0.4) is 0 Å². The van der Waals surface area contributed by atoms with Gasteiger partial charge in [0.05, 0.1) is 25.3 Å². The van der Waals surface area contributed by atoms with Crippen molar-refractivity contribution in [3.63, 3.8) is 0 Å². The molecular weight excluding hydrogens is 222 g/mol. The molecule has 5 nitrogen and oxygen atoms in total. The number of hydrogen-bond donors (Lipinski definition) is 1. The Hall–Kier alpha value is -1.78. The van der Waals surface area contributed by atoms with Gasteiger partial charge in [0.15, 0.2) is 0 Å². The van der Waals surface area contributed by atoms with Crippen LogP contribution in [0.5, 0.6) is 0 Å². The van der Waals surface area contributed by atoms with Crippen LogP contribution >= 0.6 is 0 Å².